The van der Waals surface area contributed by atoms with Crippen LogP contribution in [0.25, 0.3) is 0 Å². The highest BCUT2D eigenvalue weighted by atomic mass is 16.5. The van der Waals surface area contributed by atoms with Gasteiger partial charge in [-0.15, -0.1) is 0 Å². The van der Waals surface area contributed by atoms with E-state index in [2.05, 4.69) is 0 Å². The van der Waals surface area contributed by atoms with Crippen molar-refractivity contribution in [3.63, 3.8) is 0 Å². The summed E-state index contributed by atoms with van der Waals surface area (Å²) in [6.45, 7) is 2.08. The summed E-state index contributed by atoms with van der Waals surface area (Å²) in [4.78, 5) is 37.3. The number of hydrogen-bond acceptors (Lipinski definition) is 4. The van der Waals surface area contributed by atoms with Crippen molar-refractivity contribution in [2.75, 3.05) is 13.7 Å². The second-order valence-electron chi connectivity index (χ2n) is 6.28. The fourth-order valence-electron chi connectivity index (χ4n) is 2.75. The van der Waals surface area contributed by atoms with Gasteiger partial charge in [0, 0.05) is 30.6 Å². The maximum absolute atomic E-state index is 12.9. The van der Waals surface area contributed by atoms with Crippen molar-refractivity contribution in [3.05, 3.63) is 65.2 Å². The Morgan fingerprint density at radius 3 is 2.37 bits per heavy atom. The highest BCUT2D eigenvalue weighted by molar-refractivity contribution is 5.94. The van der Waals surface area contributed by atoms with Crippen molar-refractivity contribution in [1.29, 1.82) is 0 Å². The Bertz CT molecular complexity index is 818. The van der Waals surface area contributed by atoms with Crippen LogP contribution in [-0.2, 0) is 22.6 Å². The quantitative estimate of drug-likeness (QED) is 0.688. The van der Waals surface area contributed by atoms with Crippen LogP contribution in [0, 0.1) is 0 Å². The number of hydrogen-bond donors (Lipinski definition) is 1. The predicted molar refractivity (Wildman–Crippen MR) is 102 cm³/mol. The first kappa shape index (κ1) is 20.2. The Balaban J connectivity index is 2.22. The summed E-state index contributed by atoms with van der Waals surface area (Å²) in [5.74, 6) is -0.166. The zero-order chi connectivity index (χ0) is 19.8. The molecular weight excluding hydrogens is 344 g/mol. The van der Waals surface area contributed by atoms with Gasteiger partial charge in [0.25, 0.3) is 0 Å². The van der Waals surface area contributed by atoms with Gasteiger partial charge in [-0.25, -0.2) is 0 Å². The maximum Gasteiger partial charge on any atom is 0.227 e. The summed E-state index contributed by atoms with van der Waals surface area (Å²) in [6, 6.07) is 14.6. The van der Waals surface area contributed by atoms with E-state index < -0.39 is 5.91 Å². The zero-order valence-corrected chi connectivity index (χ0v) is 15.6. The van der Waals surface area contributed by atoms with Crippen LogP contribution in [0.2, 0.25) is 0 Å². The van der Waals surface area contributed by atoms with Crippen molar-refractivity contribution in [2.24, 2.45) is 5.73 Å². The number of ketones is 1. The lowest BCUT2D eigenvalue weighted by molar-refractivity contribution is -0.131. The van der Waals surface area contributed by atoms with E-state index in [0.717, 1.165) is 5.56 Å². The average molecular weight is 368 g/mol. The molecule has 27 heavy (non-hydrogen) atoms. The fourth-order valence-corrected chi connectivity index (χ4v) is 2.75. The van der Waals surface area contributed by atoms with Crippen LogP contribution in [-0.4, -0.2) is 36.2 Å². The van der Waals surface area contributed by atoms with Gasteiger partial charge in [-0.2, -0.15) is 0 Å². The van der Waals surface area contributed by atoms with E-state index in [-0.39, 0.29) is 31.1 Å². The lowest BCUT2D eigenvalue weighted by atomic mass is 10.0. The number of carbonyl (C=O) groups excluding carboxylic acids is 3. The van der Waals surface area contributed by atoms with E-state index in [1.807, 2.05) is 30.3 Å². The van der Waals surface area contributed by atoms with Gasteiger partial charge in [0.05, 0.1) is 13.5 Å². The van der Waals surface area contributed by atoms with E-state index >= 15 is 0 Å². The molecule has 2 aromatic carbocycles. The topological polar surface area (TPSA) is 89.7 Å². The first-order valence-electron chi connectivity index (χ1n) is 8.68. The summed E-state index contributed by atoms with van der Waals surface area (Å²) in [7, 11) is 1.52. The van der Waals surface area contributed by atoms with E-state index in [1.165, 1.54) is 14.0 Å². The molecule has 0 saturated heterocycles. The van der Waals surface area contributed by atoms with Crippen molar-refractivity contribution in [1.82, 2.24) is 4.90 Å². The summed E-state index contributed by atoms with van der Waals surface area (Å²) in [5, 5.41) is 0. The zero-order valence-electron chi connectivity index (χ0n) is 15.6. The number of nitrogens with two attached hydrogens (primary N) is 1. The normalized spacial score (nSPS) is 10.3. The lowest BCUT2D eigenvalue weighted by Crippen LogP contribution is -2.34. The molecule has 0 aromatic heterocycles. The molecule has 0 radical (unpaired) electrons. The summed E-state index contributed by atoms with van der Waals surface area (Å²) < 4.78 is 5.32. The van der Waals surface area contributed by atoms with Gasteiger partial charge >= 0.3 is 0 Å². The number of primary amides is 1. The average Bonchev–Trinajstić information content (AvgIpc) is 2.65. The number of amides is 2. The third kappa shape index (κ3) is 5.95. The molecule has 0 aliphatic heterocycles. The summed E-state index contributed by atoms with van der Waals surface area (Å²) in [6.07, 6.45) is 0.152. The van der Waals surface area contributed by atoms with Gasteiger partial charge in [0.1, 0.15) is 5.75 Å². The molecule has 0 atom stereocenters. The summed E-state index contributed by atoms with van der Waals surface area (Å²) >= 11 is 0. The number of carbonyl (C=O) groups is 3. The van der Waals surface area contributed by atoms with Crippen LogP contribution in [0.4, 0.5) is 0 Å². The Morgan fingerprint density at radius 1 is 1.07 bits per heavy atom. The lowest BCUT2D eigenvalue weighted by Gasteiger charge is -2.23. The number of methoxy groups -OCH3 is 1. The van der Waals surface area contributed by atoms with E-state index in [0.29, 0.717) is 23.4 Å². The molecule has 2 rings (SSSR count). The molecule has 0 heterocycles. The SMILES string of the molecule is COc1ccc(C(C)=O)cc1CC(=O)N(CCC(N)=O)Cc1ccccc1. The molecule has 142 valence electrons. The Hall–Kier alpha value is -3.15. The van der Waals surface area contributed by atoms with Crippen molar-refractivity contribution < 1.29 is 19.1 Å². The Kier molecular flexibility index (Phi) is 7.11. The van der Waals surface area contributed by atoms with Crippen LogP contribution in [0.15, 0.2) is 48.5 Å². The van der Waals surface area contributed by atoms with Crippen LogP contribution in [0.5, 0.6) is 5.75 Å². The second-order valence-corrected chi connectivity index (χ2v) is 6.28. The Morgan fingerprint density at radius 2 is 1.78 bits per heavy atom. The number of rotatable bonds is 9. The molecule has 6 heteroatoms. The fraction of sp³-hybridized carbons (Fsp3) is 0.286. The number of Topliss-reactive ketones (excluding diaryl/α,β-unsaturated/α-hetero) is 1. The van der Waals surface area contributed by atoms with Gasteiger partial charge in [-0.3, -0.25) is 14.4 Å². The van der Waals surface area contributed by atoms with Gasteiger partial charge in [0.15, 0.2) is 5.78 Å². The minimum absolute atomic E-state index is 0.0654. The standard InChI is InChI=1S/C21H24N2O4/c1-15(24)17-8-9-19(27-2)18(12-17)13-21(26)23(11-10-20(22)25)14-16-6-4-3-5-7-16/h3-9,12H,10-11,13-14H2,1-2H3,(H2,22,25). The van der Waals surface area contributed by atoms with E-state index in [1.54, 1.807) is 23.1 Å². The monoisotopic (exact) mass is 368 g/mol. The van der Waals surface area contributed by atoms with Crippen molar-refractivity contribution >= 4 is 17.6 Å². The largest absolute Gasteiger partial charge is 0.496 e. The highest BCUT2D eigenvalue weighted by Crippen LogP contribution is 2.22. The number of nitrogens with zero attached hydrogens (tertiary/aromatic N) is 1. The molecule has 0 aliphatic carbocycles. The van der Waals surface area contributed by atoms with Gasteiger partial charge in [-0.1, -0.05) is 30.3 Å². The molecule has 0 spiro atoms. The molecule has 0 unspecified atom stereocenters. The molecule has 6 nitrogen and oxygen atoms in total. The van der Waals surface area contributed by atoms with Crippen LogP contribution in [0.3, 0.4) is 0 Å². The molecule has 0 bridgehead atoms. The van der Waals surface area contributed by atoms with Gasteiger partial charge in [-0.05, 0) is 30.7 Å². The third-order valence-electron chi connectivity index (χ3n) is 4.23. The minimum Gasteiger partial charge on any atom is -0.496 e. The smallest absolute Gasteiger partial charge is 0.227 e. The molecular formula is C21H24N2O4. The number of benzene rings is 2. The molecule has 0 aliphatic rings. The number of ether oxygens (including phenoxy) is 1. The first-order valence-corrected chi connectivity index (χ1v) is 8.68. The molecule has 2 aromatic rings. The van der Waals surface area contributed by atoms with Gasteiger partial charge < -0.3 is 15.4 Å². The maximum atomic E-state index is 12.9. The minimum atomic E-state index is -0.461. The molecule has 2 N–H and O–H groups in total. The first-order chi connectivity index (χ1) is 12.9. The molecule has 2 amide bonds. The van der Waals surface area contributed by atoms with Gasteiger partial charge in [0.2, 0.25) is 11.8 Å². The highest BCUT2D eigenvalue weighted by Gasteiger charge is 2.18. The van der Waals surface area contributed by atoms with E-state index in [9.17, 15) is 14.4 Å². The van der Waals surface area contributed by atoms with Crippen molar-refractivity contribution in [3.8, 4) is 5.75 Å². The second kappa shape index (κ2) is 9.52. The van der Waals surface area contributed by atoms with Crippen LogP contribution < -0.4 is 10.5 Å². The Labute approximate surface area is 158 Å². The predicted octanol–water partition coefficient (Wildman–Crippen LogP) is 2.34. The third-order valence-corrected chi connectivity index (χ3v) is 4.23. The van der Waals surface area contributed by atoms with Crippen molar-refractivity contribution in [2.45, 2.75) is 26.3 Å². The van der Waals surface area contributed by atoms with E-state index in [4.69, 9.17) is 10.5 Å². The molecule has 0 saturated carbocycles. The van der Waals surface area contributed by atoms with Crippen LogP contribution >= 0.6 is 0 Å². The molecule has 0 fully saturated rings. The summed E-state index contributed by atoms with van der Waals surface area (Å²) in [5.41, 5.74) is 7.36. The van der Waals surface area contributed by atoms with Crippen LogP contribution in [0.1, 0.15) is 34.8 Å².